The molecule has 49 heavy (non-hydrogen) atoms. The van der Waals surface area contributed by atoms with E-state index in [4.69, 9.17) is 4.74 Å². The van der Waals surface area contributed by atoms with Crippen molar-refractivity contribution in [1.29, 1.82) is 0 Å². The lowest BCUT2D eigenvalue weighted by Crippen LogP contribution is -2.25. The smallest absolute Gasteiger partial charge is 0.418 e. The highest BCUT2D eigenvalue weighted by Gasteiger charge is 2.34. The number of alkyl halides is 3. The van der Waals surface area contributed by atoms with Crippen LogP contribution in [0.5, 0.6) is 11.5 Å². The number of amides is 1. The van der Waals surface area contributed by atoms with Gasteiger partial charge in [0.15, 0.2) is 0 Å². The molecule has 0 bridgehead atoms. The Morgan fingerprint density at radius 3 is 2.12 bits per heavy atom. The van der Waals surface area contributed by atoms with E-state index in [-0.39, 0.29) is 33.5 Å². The zero-order valence-electron chi connectivity index (χ0n) is 29.9. The number of nitrogens with zero attached hydrogens (tertiary/aromatic N) is 1. The molecule has 0 atom stereocenters. The average Bonchev–Trinajstić information content (AvgIpc) is 3.06. The van der Waals surface area contributed by atoms with Gasteiger partial charge < -0.3 is 25.4 Å². The van der Waals surface area contributed by atoms with Gasteiger partial charge in [0.2, 0.25) is 0 Å². The van der Waals surface area contributed by atoms with Crippen LogP contribution in [0.25, 0.3) is 10.8 Å². The van der Waals surface area contributed by atoms with Crippen molar-refractivity contribution < 1.29 is 27.8 Å². The molecule has 0 aliphatic heterocycles. The van der Waals surface area contributed by atoms with Crippen molar-refractivity contribution in [2.45, 2.75) is 84.2 Å². The largest absolute Gasteiger partial charge is 0.506 e. The van der Waals surface area contributed by atoms with Gasteiger partial charge in [-0.25, -0.2) is 0 Å². The van der Waals surface area contributed by atoms with Crippen molar-refractivity contribution in [1.82, 2.24) is 5.32 Å². The SMILES string of the molecule is CCC(C)(C)c1ccc(OCCCCNC(=O)c2cc(Nc3ccc(N(C)C)cc3C(F)(F)F)c3ccccc3c2O)c(C(C)(C)CC)c1. The number of carbonyl (C=O) groups is 1. The first-order valence-electron chi connectivity index (χ1n) is 17.0. The number of phenols is 1. The normalized spacial score (nSPS) is 12.2. The Balaban J connectivity index is 1.47. The van der Waals surface area contributed by atoms with Crippen LogP contribution in [0.4, 0.5) is 30.2 Å². The Hall–Kier alpha value is -4.40. The van der Waals surface area contributed by atoms with Crippen molar-refractivity contribution in [3.8, 4) is 11.5 Å². The molecule has 4 rings (SSSR count). The first-order chi connectivity index (χ1) is 23.0. The molecule has 0 aromatic heterocycles. The second kappa shape index (κ2) is 15.0. The van der Waals surface area contributed by atoms with Crippen LogP contribution in [0.1, 0.15) is 94.3 Å². The number of carbonyl (C=O) groups excluding carboxylic acids is 1. The predicted molar refractivity (Wildman–Crippen MR) is 195 cm³/mol. The van der Waals surface area contributed by atoms with Gasteiger partial charge in [0.05, 0.1) is 23.4 Å². The number of unbranched alkanes of at least 4 members (excludes halogenated alkanes) is 1. The average molecular weight is 678 g/mol. The monoisotopic (exact) mass is 677 g/mol. The van der Waals surface area contributed by atoms with Crippen LogP contribution < -0.4 is 20.3 Å². The van der Waals surface area contributed by atoms with Crippen LogP contribution in [0.3, 0.4) is 0 Å². The van der Waals surface area contributed by atoms with Crippen molar-refractivity contribution in [3.05, 3.63) is 89.0 Å². The van der Waals surface area contributed by atoms with Gasteiger partial charge in [0, 0.05) is 48.4 Å². The fourth-order valence-electron chi connectivity index (χ4n) is 5.64. The summed E-state index contributed by atoms with van der Waals surface area (Å²) >= 11 is 0. The van der Waals surface area contributed by atoms with Crippen LogP contribution in [0.2, 0.25) is 0 Å². The summed E-state index contributed by atoms with van der Waals surface area (Å²) in [4.78, 5) is 14.9. The first-order valence-corrected chi connectivity index (χ1v) is 17.0. The summed E-state index contributed by atoms with van der Waals surface area (Å²) in [6.45, 7) is 14.1. The summed E-state index contributed by atoms with van der Waals surface area (Å²) in [5.41, 5.74) is 2.14. The summed E-state index contributed by atoms with van der Waals surface area (Å²) in [6.07, 6.45) is -1.30. The van der Waals surface area contributed by atoms with Gasteiger partial charge in [0.1, 0.15) is 11.5 Å². The van der Waals surface area contributed by atoms with Gasteiger partial charge in [-0.15, -0.1) is 0 Å². The molecule has 4 aromatic carbocycles. The number of aromatic hydroxyl groups is 1. The summed E-state index contributed by atoms with van der Waals surface area (Å²) in [5.74, 6) is 0.117. The van der Waals surface area contributed by atoms with E-state index in [0.29, 0.717) is 42.5 Å². The highest BCUT2D eigenvalue weighted by atomic mass is 19.4. The molecule has 0 aliphatic carbocycles. The number of hydrogen-bond acceptors (Lipinski definition) is 5. The van der Waals surface area contributed by atoms with Gasteiger partial charge in [-0.2, -0.15) is 13.2 Å². The number of anilines is 3. The van der Waals surface area contributed by atoms with Crippen molar-refractivity contribution >= 4 is 33.7 Å². The zero-order valence-corrected chi connectivity index (χ0v) is 29.9. The minimum atomic E-state index is -4.62. The van der Waals surface area contributed by atoms with E-state index < -0.39 is 17.6 Å². The van der Waals surface area contributed by atoms with Crippen LogP contribution in [0, 0.1) is 0 Å². The molecule has 6 nitrogen and oxygen atoms in total. The number of benzene rings is 4. The van der Waals surface area contributed by atoms with Crippen LogP contribution in [-0.2, 0) is 17.0 Å². The van der Waals surface area contributed by atoms with E-state index in [1.165, 1.54) is 23.3 Å². The molecular weight excluding hydrogens is 627 g/mol. The van der Waals surface area contributed by atoms with E-state index in [1.54, 1.807) is 49.3 Å². The van der Waals surface area contributed by atoms with Crippen LogP contribution in [-0.4, -0.2) is 38.3 Å². The quantitative estimate of drug-likeness (QED) is 0.0915. The number of nitrogens with one attached hydrogen (secondary N) is 2. The molecule has 0 aliphatic rings. The third-order valence-corrected chi connectivity index (χ3v) is 9.73. The van der Waals surface area contributed by atoms with E-state index in [9.17, 15) is 23.1 Å². The van der Waals surface area contributed by atoms with E-state index >= 15 is 0 Å². The number of rotatable bonds is 14. The highest BCUT2D eigenvalue weighted by molar-refractivity contribution is 6.08. The van der Waals surface area contributed by atoms with E-state index in [1.807, 2.05) is 0 Å². The second-order valence-electron chi connectivity index (χ2n) is 14.1. The fraction of sp³-hybridized carbons (Fsp3) is 0.425. The molecule has 0 saturated carbocycles. The predicted octanol–water partition coefficient (Wildman–Crippen LogP) is 10.3. The molecular formula is C40H50F3N3O3. The van der Waals surface area contributed by atoms with E-state index in [0.717, 1.165) is 24.7 Å². The van der Waals surface area contributed by atoms with Crippen LogP contribution in [0.15, 0.2) is 66.7 Å². The molecule has 3 N–H and O–H groups in total. The summed E-state index contributed by atoms with van der Waals surface area (Å²) in [6, 6.07) is 18.7. The summed E-state index contributed by atoms with van der Waals surface area (Å²) in [7, 11) is 3.34. The molecule has 0 unspecified atom stereocenters. The molecule has 0 radical (unpaired) electrons. The molecule has 0 fully saturated rings. The Morgan fingerprint density at radius 1 is 0.816 bits per heavy atom. The molecule has 0 saturated heterocycles. The minimum Gasteiger partial charge on any atom is -0.506 e. The van der Waals surface area contributed by atoms with Gasteiger partial charge in [-0.1, -0.05) is 77.9 Å². The number of fused-ring (bicyclic) bond motifs is 1. The first kappa shape index (κ1) is 37.4. The summed E-state index contributed by atoms with van der Waals surface area (Å²) in [5, 5.41) is 17.6. The maximum Gasteiger partial charge on any atom is 0.418 e. The van der Waals surface area contributed by atoms with Gasteiger partial charge in [-0.05, 0) is 72.4 Å². The van der Waals surface area contributed by atoms with E-state index in [2.05, 4.69) is 70.4 Å². The molecule has 264 valence electrons. The highest BCUT2D eigenvalue weighted by Crippen LogP contribution is 2.42. The number of hydrogen-bond donors (Lipinski definition) is 3. The number of ether oxygens (including phenoxy) is 1. The zero-order chi connectivity index (χ0) is 36.1. The Kier molecular flexibility index (Phi) is 11.5. The fourth-order valence-corrected chi connectivity index (χ4v) is 5.64. The lowest BCUT2D eigenvalue weighted by atomic mass is 9.76. The second-order valence-corrected chi connectivity index (χ2v) is 14.1. The Morgan fingerprint density at radius 2 is 1.49 bits per heavy atom. The topological polar surface area (TPSA) is 73.8 Å². The third-order valence-electron chi connectivity index (χ3n) is 9.73. The van der Waals surface area contributed by atoms with Crippen molar-refractivity contribution in [2.75, 3.05) is 37.5 Å². The minimum absolute atomic E-state index is 0.0301. The maximum absolute atomic E-state index is 14.1. The number of phenolic OH excluding ortho intramolecular Hbond substituents is 1. The number of halogens is 3. The van der Waals surface area contributed by atoms with Gasteiger partial charge >= 0.3 is 6.18 Å². The van der Waals surface area contributed by atoms with Gasteiger partial charge in [-0.3, -0.25) is 4.79 Å². The van der Waals surface area contributed by atoms with Gasteiger partial charge in [0.25, 0.3) is 5.91 Å². The molecule has 0 heterocycles. The van der Waals surface area contributed by atoms with Crippen molar-refractivity contribution in [3.63, 3.8) is 0 Å². The van der Waals surface area contributed by atoms with Crippen LogP contribution >= 0.6 is 0 Å². The third kappa shape index (κ3) is 8.61. The molecule has 1 amide bonds. The Bertz CT molecular complexity index is 1780. The lowest BCUT2D eigenvalue weighted by Gasteiger charge is -2.30. The molecule has 9 heteroatoms. The molecule has 0 spiro atoms. The van der Waals surface area contributed by atoms with Crippen molar-refractivity contribution in [2.24, 2.45) is 0 Å². The standard InChI is InChI=1S/C40H50F3N3O3/c1-9-38(3,4)26-17-20-35(32(23-26)39(5,6)10-2)49-22-14-13-21-44-37(48)30-25-34(28-15-11-12-16-29(28)36(30)47)45-33-19-18-27(46(7)8)24-31(33)40(41,42)43/h11-12,15-20,23-25,45,47H,9-10,13-14,21-22H2,1-8H3,(H,44,48). The lowest BCUT2D eigenvalue weighted by molar-refractivity contribution is -0.136. The maximum atomic E-state index is 14.1. The Labute approximate surface area is 288 Å². The summed E-state index contributed by atoms with van der Waals surface area (Å²) < 4.78 is 48.5. The molecule has 4 aromatic rings.